The van der Waals surface area contributed by atoms with Gasteiger partial charge in [-0.1, -0.05) is 13.8 Å². The Morgan fingerprint density at radius 3 is 1.64 bits per heavy atom. The van der Waals surface area contributed by atoms with E-state index >= 15 is 0 Å². The SMILES string of the molecule is CC1OC(OC2CCC3(C)C(CCC4C3CCC3(C)C(C5=CC(=O)OC5)C(O)CC43O)C2)CC(O)C1OC1CC(O)C(OC2CC(O)C(OC3OC(CO)C(OC4OC(CO)C(O)C(O)C4O)C(O)C3O)C(C)O2)C(C)O1. The lowest BCUT2D eigenvalue weighted by atomic mass is 9.43. The van der Waals surface area contributed by atoms with Crippen LogP contribution in [0.2, 0.25) is 0 Å². The average Bonchev–Trinajstić information content (AvgIpc) is 3.97. The van der Waals surface area contributed by atoms with E-state index in [0.717, 1.165) is 50.5 Å². The first kappa shape index (κ1) is 58.5. The fourth-order valence-corrected chi connectivity index (χ4v) is 15.9. The first-order chi connectivity index (χ1) is 36.5. The third-order valence-corrected chi connectivity index (χ3v) is 20.0. The molecule has 440 valence electrons. The number of aliphatic hydroxyl groups excluding tert-OH is 11. The Morgan fingerprint density at radius 2 is 1.09 bits per heavy atom. The van der Waals surface area contributed by atoms with Gasteiger partial charge >= 0.3 is 5.97 Å². The van der Waals surface area contributed by atoms with Gasteiger partial charge in [-0.2, -0.15) is 0 Å². The fourth-order valence-electron chi connectivity index (χ4n) is 15.9. The van der Waals surface area contributed by atoms with Crippen molar-refractivity contribution in [1.82, 2.24) is 0 Å². The highest BCUT2D eigenvalue weighted by Crippen LogP contribution is 2.70. The van der Waals surface area contributed by atoms with Crippen molar-refractivity contribution in [2.45, 2.75) is 258 Å². The molecule has 0 bridgehead atoms. The van der Waals surface area contributed by atoms with E-state index in [1.165, 1.54) is 6.08 Å². The molecule has 0 aromatic heterocycles. The van der Waals surface area contributed by atoms with Crippen molar-refractivity contribution in [2.75, 3.05) is 19.8 Å². The van der Waals surface area contributed by atoms with Crippen LogP contribution in [-0.4, -0.2) is 240 Å². The van der Waals surface area contributed by atoms with Crippen LogP contribution < -0.4 is 0 Å². The van der Waals surface area contributed by atoms with Gasteiger partial charge in [0.2, 0.25) is 0 Å². The quantitative estimate of drug-likeness (QED) is 0.0692. The highest BCUT2D eigenvalue weighted by Gasteiger charge is 2.70. The molecule has 6 aliphatic heterocycles. The van der Waals surface area contributed by atoms with Gasteiger partial charge in [-0.15, -0.1) is 0 Å². The molecule has 0 radical (unpaired) electrons. The Morgan fingerprint density at radius 1 is 0.558 bits per heavy atom. The molecule has 31 unspecified atom stereocenters. The number of hydrogen-bond donors (Lipinski definition) is 12. The fraction of sp³-hybridized carbons (Fsp3) is 0.943. The summed E-state index contributed by atoms with van der Waals surface area (Å²) in [5, 5.41) is 131. The largest absolute Gasteiger partial charge is 0.458 e. The summed E-state index contributed by atoms with van der Waals surface area (Å²) in [5.41, 5.74) is -0.852. The summed E-state index contributed by atoms with van der Waals surface area (Å²) in [6, 6.07) is 0. The molecule has 77 heavy (non-hydrogen) atoms. The summed E-state index contributed by atoms with van der Waals surface area (Å²) in [4.78, 5) is 12.0. The zero-order valence-corrected chi connectivity index (χ0v) is 44.4. The van der Waals surface area contributed by atoms with Gasteiger partial charge in [0.1, 0.15) is 73.8 Å². The second-order valence-electron chi connectivity index (χ2n) is 24.5. The number of carbonyl (C=O) groups is 1. The summed E-state index contributed by atoms with van der Waals surface area (Å²) in [6.07, 6.45) is -20.8. The average molecular weight is 1110 g/mol. The van der Waals surface area contributed by atoms with Crippen LogP contribution in [0, 0.1) is 34.5 Å². The molecule has 0 amide bonds. The molecule has 24 heteroatoms. The van der Waals surface area contributed by atoms with E-state index < -0.39 is 166 Å². The molecular formula is C53H84O24. The van der Waals surface area contributed by atoms with E-state index in [1.54, 1.807) is 20.8 Å². The first-order valence-corrected chi connectivity index (χ1v) is 28.0. The van der Waals surface area contributed by atoms with E-state index in [9.17, 15) is 66.1 Å². The van der Waals surface area contributed by atoms with E-state index in [-0.39, 0.29) is 61.1 Å². The van der Waals surface area contributed by atoms with Crippen molar-refractivity contribution in [2.24, 2.45) is 34.5 Å². The Bertz CT molecular complexity index is 2030. The van der Waals surface area contributed by atoms with Gasteiger partial charge in [0, 0.05) is 43.1 Å². The molecule has 24 nitrogen and oxygen atoms in total. The van der Waals surface area contributed by atoms with Crippen molar-refractivity contribution in [1.29, 1.82) is 0 Å². The molecule has 6 heterocycles. The molecule has 0 aromatic carbocycles. The van der Waals surface area contributed by atoms with Crippen LogP contribution in [-0.2, 0) is 56.9 Å². The number of rotatable bonds is 13. The summed E-state index contributed by atoms with van der Waals surface area (Å²) in [7, 11) is 0. The lowest BCUT2D eigenvalue weighted by Crippen LogP contribution is -2.65. The van der Waals surface area contributed by atoms with E-state index in [0.29, 0.717) is 12.3 Å². The summed E-state index contributed by atoms with van der Waals surface area (Å²) in [6.45, 7) is 8.18. The molecule has 12 N–H and O–H groups in total. The minimum atomic E-state index is -1.84. The Balaban J connectivity index is 0.669. The number of cyclic esters (lactones) is 1. The van der Waals surface area contributed by atoms with Gasteiger partial charge in [-0.05, 0) is 94.5 Å². The van der Waals surface area contributed by atoms with Crippen LogP contribution in [0.15, 0.2) is 11.6 Å². The normalized spacial score (nSPS) is 55.2. The van der Waals surface area contributed by atoms with E-state index in [4.69, 9.17) is 52.1 Å². The zero-order chi connectivity index (χ0) is 55.2. The standard InChI is InChI=1S/C53H84O24/c1-21-45(29(56)14-36(68-21)71-26-8-10-51(4)25(13-26)6-7-28-27(51)9-11-52(5)39(24-12-35(60)67-20-24)32(59)17-53(28,52)66)74-37-15-30(57)46(22(2)69-37)75-38-16-31(58)47(23(3)70-38)76-50-44(65)42(63)48(34(19-55)73-50)77-49-43(64)41(62)40(61)33(18-54)72-49/h12,21-23,25-34,36-50,54-59,61-66H,6-11,13-20H2,1-5H3. The van der Waals surface area contributed by atoms with Crippen molar-refractivity contribution >= 4 is 5.97 Å². The molecule has 31 atom stereocenters. The number of esters is 1. The molecule has 4 aliphatic carbocycles. The third-order valence-electron chi connectivity index (χ3n) is 20.0. The molecule has 9 fully saturated rings. The second kappa shape index (κ2) is 22.8. The van der Waals surface area contributed by atoms with Gasteiger partial charge in [-0.25, -0.2) is 4.79 Å². The molecule has 4 saturated carbocycles. The molecule has 10 rings (SSSR count). The van der Waals surface area contributed by atoms with Crippen LogP contribution in [0.4, 0.5) is 0 Å². The summed E-state index contributed by atoms with van der Waals surface area (Å²) < 4.78 is 65.6. The third kappa shape index (κ3) is 10.7. The zero-order valence-electron chi connectivity index (χ0n) is 44.4. The summed E-state index contributed by atoms with van der Waals surface area (Å²) >= 11 is 0. The maximum Gasteiger partial charge on any atom is 0.331 e. The van der Waals surface area contributed by atoms with Crippen LogP contribution in [0.25, 0.3) is 0 Å². The van der Waals surface area contributed by atoms with Gasteiger partial charge in [0.15, 0.2) is 31.5 Å². The Hall–Kier alpha value is -1.67. The molecule has 10 aliphatic rings. The molecule has 5 saturated heterocycles. The number of carbonyl (C=O) groups excluding carboxylic acids is 1. The van der Waals surface area contributed by atoms with Crippen molar-refractivity contribution < 1.29 is 118 Å². The Kier molecular flexibility index (Phi) is 17.3. The monoisotopic (exact) mass is 1100 g/mol. The highest BCUT2D eigenvalue weighted by atomic mass is 16.8. The number of fused-ring (bicyclic) bond motifs is 5. The minimum Gasteiger partial charge on any atom is -0.458 e. The van der Waals surface area contributed by atoms with Gasteiger partial charge < -0.3 is 113 Å². The maximum atomic E-state index is 12.6. The maximum absolute atomic E-state index is 12.6. The lowest BCUT2D eigenvalue weighted by molar-refractivity contribution is -0.375. The van der Waals surface area contributed by atoms with E-state index in [1.807, 2.05) is 0 Å². The van der Waals surface area contributed by atoms with Crippen molar-refractivity contribution in [3.8, 4) is 0 Å². The topological polar surface area (TPSA) is 361 Å². The second-order valence-corrected chi connectivity index (χ2v) is 24.5. The minimum absolute atomic E-state index is 0.0214. The van der Waals surface area contributed by atoms with Crippen LogP contribution in [0.1, 0.15) is 105 Å². The van der Waals surface area contributed by atoms with E-state index in [2.05, 4.69) is 13.8 Å². The first-order valence-electron chi connectivity index (χ1n) is 28.0. The van der Waals surface area contributed by atoms with Crippen LogP contribution in [0.5, 0.6) is 0 Å². The van der Waals surface area contributed by atoms with Gasteiger partial charge in [0.25, 0.3) is 0 Å². The number of ether oxygens (including phenoxy) is 11. The van der Waals surface area contributed by atoms with Crippen LogP contribution >= 0.6 is 0 Å². The molecule has 0 aromatic rings. The van der Waals surface area contributed by atoms with Gasteiger partial charge in [0.05, 0.1) is 67.6 Å². The number of hydrogen-bond acceptors (Lipinski definition) is 24. The molecular weight excluding hydrogens is 1020 g/mol. The smallest absolute Gasteiger partial charge is 0.331 e. The Labute approximate surface area is 447 Å². The highest BCUT2D eigenvalue weighted by molar-refractivity contribution is 5.85. The lowest BCUT2D eigenvalue weighted by Gasteiger charge is -2.63. The molecule has 0 spiro atoms. The van der Waals surface area contributed by atoms with Crippen molar-refractivity contribution in [3.63, 3.8) is 0 Å². The predicted octanol–water partition coefficient (Wildman–Crippen LogP) is -2.13. The van der Waals surface area contributed by atoms with Crippen molar-refractivity contribution in [3.05, 3.63) is 11.6 Å². The predicted molar refractivity (Wildman–Crippen MR) is 258 cm³/mol. The van der Waals surface area contributed by atoms with Gasteiger partial charge in [-0.3, -0.25) is 0 Å². The summed E-state index contributed by atoms with van der Waals surface area (Å²) in [5.74, 6) is -0.0339. The number of aliphatic hydroxyl groups is 12. The van der Waals surface area contributed by atoms with Crippen LogP contribution in [0.3, 0.4) is 0 Å².